The molecule has 0 saturated heterocycles. The van der Waals surface area contributed by atoms with Crippen LogP contribution < -0.4 is 11.1 Å². The SMILES string of the molecule is NC1CCCC12CCN/C=C/N=CCN(Sc1ccccc1)CC2. The molecule has 4 nitrogen and oxygen atoms in total. The molecule has 2 aliphatic rings. The molecule has 0 bridgehead atoms. The van der Waals surface area contributed by atoms with Crippen LogP contribution in [0.4, 0.5) is 0 Å². The summed E-state index contributed by atoms with van der Waals surface area (Å²) in [7, 11) is 0. The molecule has 0 radical (unpaired) electrons. The minimum absolute atomic E-state index is 0.284. The van der Waals surface area contributed by atoms with Crippen molar-refractivity contribution in [3.63, 3.8) is 0 Å². The largest absolute Gasteiger partial charge is 0.390 e. The van der Waals surface area contributed by atoms with E-state index in [0.717, 1.165) is 32.5 Å². The van der Waals surface area contributed by atoms with E-state index >= 15 is 0 Å². The predicted molar refractivity (Wildman–Crippen MR) is 103 cm³/mol. The Morgan fingerprint density at radius 2 is 2.08 bits per heavy atom. The van der Waals surface area contributed by atoms with Gasteiger partial charge in [0, 0.05) is 49.2 Å². The highest BCUT2D eigenvalue weighted by atomic mass is 32.2. The molecule has 24 heavy (non-hydrogen) atoms. The first-order valence-electron chi connectivity index (χ1n) is 8.92. The van der Waals surface area contributed by atoms with Crippen molar-refractivity contribution >= 4 is 18.2 Å². The van der Waals surface area contributed by atoms with E-state index in [4.69, 9.17) is 5.73 Å². The number of nitrogens with one attached hydrogen (secondary N) is 1. The molecule has 1 aromatic carbocycles. The van der Waals surface area contributed by atoms with Gasteiger partial charge in [-0.25, -0.2) is 4.31 Å². The van der Waals surface area contributed by atoms with Crippen LogP contribution in [0.3, 0.4) is 0 Å². The highest BCUT2D eigenvalue weighted by Gasteiger charge is 2.40. The zero-order valence-corrected chi connectivity index (χ0v) is 15.0. The van der Waals surface area contributed by atoms with Gasteiger partial charge in [0.05, 0.1) is 0 Å². The topological polar surface area (TPSA) is 53.6 Å². The molecule has 1 spiro atoms. The van der Waals surface area contributed by atoms with Crippen molar-refractivity contribution in [1.82, 2.24) is 9.62 Å². The van der Waals surface area contributed by atoms with E-state index in [9.17, 15) is 0 Å². The molecule has 2 atom stereocenters. The molecule has 1 aromatic rings. The van der Waals surface area contributed by atoms with Gasteiger partial charge in [-0.3, -0.25) is 4.99 Å². The van der Waals surface area contributed by atoms with E-state index in [2.05, 4.69) is 44.9 Å². The summed E-state index contributed by atoms with van der Waals surface area (Å²) in [6.07, 6.45) is 11.8. The van der Waals surface area contributed by atoms with Crippen molar-refractivity contribution < 1.29 is 0 Å². The fraction of sp³-hybridized carbons (Fsp3) is 0.526. The fourth-order valence-electron chi connectivity index (χ4n) is 3.76. The molecule has 130 valence electrons. The third kappa shape index (κ3) is 4.62. The van der Waals surface area contributed by atoms with E-state index in [-0.39, 0.29) is 5.41 Å². The van der Waals surface area contributed by atoms with Crippen LogP contribution in [0.15, 0.2) is 52.6 Å². The average molecular weight is 345 g/mol. The van der Waals surface area contributed by atoms with Crippen molar-refractivity contribution in [2.75, 3.05) is 19.6 Å². The number of nitrogens with two attached hydrogens (primary N) is 1. The zero-order chi connectivity index (χ0) is 16.7. The Bertz CT molecular complexity index is 560. The van der Waals surface area contributed by atoms with Crippen LogP contribution in [-0.4, -0.2) is 36.2 Å². The second kappa shape index (κ2) is 8.70. The summed E-state index contributed by atoms with van der Waals surface area (Å²) in [5.41, 5.74) is 6.81. The van der Waals surface area contributed by atoms with Crippen LogP contribution in [0.1, 0.15) is 32.1 Å². The summed E-state index contributed by atoms with van der Waals surface area (Å²) in [6, 6.07) is 10.9. The molecule has 3 rings (SSSR count). The Hall–Kier alpha value is -1.30. The summed E-state index contributed by atoms with van der Waals surface area (Å²) in [6.45, 7) is 2.86. The lowest BCUT2D eigenvalue weighted by molar-refractivity contribution is 0.203. The second-order valence-electron chi connectivity index (χ2n) is 6.75. The zero-order valence-electron chi connectivity index (χ0n) is 14.2. The molecule has 1 heterocycles. The van der Waals surface area contributed by atoms with Gasteiger partial charge in [-0.2, -0.15) is 0 Å². The molecule has 1 saturated carbocycles. The normalized spacial score (nSPS) is 30.5. The Balaban J connectivity index is 1.72. The molecule has 1 aliphatic carbocycles. The Kier molecular flexibility index (Phi) is 6.35. The van der Waals surface area contributed by atoms with Crippen molar-refractivity contribution in [2.24, 2.45) is 16.1 Å². The van der Waals surface area contributed by atoms with Gasteiger partial charge in [0.25, 0.3) is 0 Å². The average Bonchev–Trinajstić information content (AvgIpc) is 2.95. The van der Waals surface area contributed by atoms with Crippen LogP contribution >= 0.6 is 11.9 Å². The lowest BCUT2D eigenvalue weighted by Gasteiger charge is -2.35. The van der Waals surface area contributed by atoms with Crippen LogP contribution in [0, 0.1) is 5.41 Å². The standard InChI is InChI=1S/C19H28N4S/c20-18-7-4-8-19(18)9-11-21-12-13-22-14-16-23(15-10-19)24-17-5-2-1-3-6-17/h1-3,5-6,12-14,18,21H,4,7-11,15-16,20H2/b13-12+,22-14?. The van der Waals surface area contributed by atoms with E-state index in [1.54, 1.807) is 0 Å². The number of benzene rings is 1. The van der Waals surface area contributed by atoms with Gasteiger partial charge in [-0.05, 0) is 55.2 Å². The third-order valence-corrected chi connectivity index (χ3v) is 6.32. The van der Waals surface area contributed by atoms with Crippen LogP contribution in [0.2, 0.25) is 0 Å². The molecule has 1 aliphatic heterocycles. The number of nitrogens with zero attached hydrogens (tertiary/aromatic N) is 2. The van der Waals surface area contributed by atoms with Crippen LogP contribution in [0.25, 0.3) is 0 Å². The number of hydrogen-bond acceptors (Lipinski definition) is 5. The maximum atomic E-state index is 6.53. The molecule has 0 aromatic heterocycles. The third-order valence-electron chi connectivity index (χ3n) is 5.25. The van der Waals surface area contributed by atoms with Crippen molar-refractivity contribution in [3.05, 3.63) is 42.7 Å². The molecular weight excluding hydrogens is 316 g/mol. The van der Waals surface area contributed by atoms with Gasteiger partial charge in [0.15, 0.2) is 0 Å². The summed E-state index contributed by atoms with van der Waals surface area (Å²) < 4.78 is 2.41. The van der Waals surface area contributed by atoms with Gasteiger partial charge in [0.1, 0.15) is 0 Å². The van der Waals surface area contributed by atoms with Crippen LogP contribution in [-0.2, 0) is 0 Å². The smallest absolute Gasteiger partial charge is 0.0447 e. The number of aliphatic imine (C=N–C) groups is 1. The van der Waals surface area contributed by atoms with Crippen molar-refractivity contribution in [3.8, 4) is 0 Å². The predicted octanol–water partition coefficient (Wildman–Crippen LogP) is 3.42. The Morgan fingerprint density at radius 1 is 1.21 bits per heavy atom. The first-order chi connectivity index (χ1) is 11.8. The van der Waals surface area contributed by atoms with Crippen molar-refractivity contribution in [2.45, 2.75) is 43.0 Å². The molecule has 2 unspecified atom stereocenters. The fourth-order valence-corrected chi connectivity index (χ4v) is 4.66. The highest BCUT2D eigenvalue weighted by Crippen LogP contribution is 2.43. The number of rotatable bonds is 2. The van der Waals surface area contributed by atoms with E-state index < -0.39 is 0 Å². The maximum absolute atomic E-state index is 6.53. The molecular formula is C19H28N4S. The quantitative estimate of drug-likeness (QED) is 0.807. The maximum Gasteiger partial charge on any atom is 0.0447 e. The lowest BCUT2D eigenvalue weighted by atomic mass is 9.76. The molecule has 1 fully saturated rings. The first-order valence-corrected chi connectivity index (χ1v) is 9.69. The summed E-state index contributed by atoms with van der Waals surface area (Å²) >= 11 is 1.82. The number of hydrogen-bond donors (Lipinski definition) is 2. The second-order valence-corrected chi connectivity index (χ2v) is 7.93. The van der Waals surface area contributed by atoms with Crippen molar-refractivity contribution in [1.29, 1.82) is 0 Å². The molecule has 5 heteroatoms. The minimum atomic E-state index is 0.284. The van der Waals surface area contributed by atoms with Gasteiger partial charge in [0.2, 0.25) is 0 Å². The van der Waals surface area contributed by atoms with E-state index in [1.807, 2.05) is 30.6 Å². The molecule has 0 amide bonds. The van der Waals surface area contributed by atoms with Gasteiger partial charge < -0.3 is 11.1 Å². The van der Waals surface area contributed by atoms with Gasteiger partial charge >= 0.3 is 0 Å². The van der Waals surface area contributed by atoms with Crippen LogP contribution in [0.5, 0.6) is 0 Å². The highest BCUT2D eigenvalue weighted by molar-refractivity contribution is 7.97. The van der Waals surface area contributed by atoms with Gasteiger partial charge in [-0.15, -0.1) is 0 Å². The monoisotopic (exact) mass is 344 g/mol. The summed E-state index contributed by atoms with van der Waals surface area (Å²) in [4.78, 5) is 5.63. The Morgan fingerprint density at radius 3 is 2.88 bits per heavy atom. The van der Waals surface area contributed by atoms with E-state index in [0.29, 0.717) is 6.04 Å². The molecule has 3 N–H and O–H groups in total. The lowest BCUT2D eigenvalue weighted by Crippen LogP contribution is -2.41. The van der Waals surface area contributed by atoms with Gasteiger partial charge in [-0.1, -0.05) is 24.6 Å². The summed E-state index contributed by atoms with van der Waals surface area (Å²) in [5.74, 6) is 0. The first kappa shape index (κ1) is 17.5. The Labute approximate surface area is 149 Å². The minimum Gasteiger partial charge on any atom is -0.390 e. The summed E-state index contributed by atoms with van der Waals surface area (Å²) in [5, 5.41) is 3.36. The van der Waals surface area contributed by atoms with E-state index in [1.165, 1.54) is 24.2 Å².